The van der Waals surface area contributed by atoms with Crippen molar-refractivity contribution in [2.75, 3.05) is 45.9 Å². The van der Waals surface area contributed by atoms with Crippen LogP contribution in [0.3, 0.4) is 0 Å². The molecule has 0 aromatic carbocycles. The van der Waals surface area contributed by atoms with Crippen molar-refractivity contribution in [3.63, 3.8) is 0 Å². The standard InChI is InChI=1S/C24H44N6O/c1-5-21-20(22(6-2)29(4)28-21)17-26-23(25-7-3)27-18-24(11-9-8-10-12-24)19-30-13-15-31-16-14-30/h5-19H2,1-4H3,(H2,25,26,27). The zero-order chi connectivity index (χ0) is 22.1. The normalized spacial score (nSPS) is 20.1. The molecule has 7 nitrogen and oxygen atoms in total. The van der Waals surface area contributed by atoms with Crippen LogP contribution >= 0.6 is 0 Å². The van der Waals surface area contributed by atoms with Gasteiger partial charge in [0.25, 0.3) is 0 Å². The molecule has 0 atom stereocenters. The molecule has 176 valence electrons. The van der Waals surface area contributed by atoms with Crippen molar-refractivity contribution in [3.8, 4) is 0 Å². The van der Waals surface area contributed by atoms with Gasteiger partial charge in [0.1, 0.15) is 0 Å². The third-order valence-electron chi connectivity index (χ3n) is 6.98. The van der Waals surface area contributed by atoms with Crippen molar-refractivity contribution in [2.45, 2.75) is 72.3 Å². The molecule has 0 unspecified atom stereocenters. The van der Waals surface area contributed by atoms with Crippen molar-refractivity contribution in [2.24, 2.45) is 17.5 Å². The third-order valence-corrected chi connectivity index (χ3v) is 6.98. The molecule has 0 spiro atoms. The van der Waals surface area contributed by atoms with E-state index in [1.165, 1.54) is 55.6 Å². The summed E-state index contributed by atoms with van der Waals surface area (Å²) in [4.78, 5) is 7.59. The van der Waals surface area contributed by atoms with E-state index in [2.05, 4.69) is 36.3 Å². The Kier molecular flexibility index (Phi) is 9.20. The Morgan fingerprint density at radius 1 is 1.06 bits per heavy atom. The molecule has 2 aliphatic rings. The second-order valence-electron chi connectivity index (χ2n) is 9.20. The average Bonchev–Trinajstić information content (AvgIpc) is 3.11. The summed E-state index contributed by atoms with van der Waals surface area (Å²) in [6.07, 6.45) is 8.61. The number of rotatable bonds is 9. The highest BCUT2D eigenvalue weighted by atomic mass is 16.5. The van der Waals surface area contributed by atoms with E-state index in [0.717, 1.165) is 58.2 Å². The molecule has 31 heavy (non-hydrogen) atoms. The molecule has 3 rings (SSSR count). The molecular weight excluding hydrogens is 388 g/mol. The molecule has 1 saturated carbocycles. The van der Waals surface area contributed by atoms with E-state index in [-0.39, 0.29) is 0 Å². The van der Waals surface area contributed by atoms with Gasteiger partial charge in [-0.2, -0.15) is 5.10 Å². The largest absolute Gasteiger partial charge is 0.379 e. The van der Waals surface area contributed by atoms with E-state index in [4.69, 9.17) is 14.8 Å². The Balaban J connectivity index is 1.69. The summed E-state index contributed by atoms with van der Waals surface area (Å²) in [5, 5.41) is 11.9. The lowest BCUT2D eigenvalue weighted by molar-refractivity contribution is 0.00820. The van der Waals surface area contributed by atoms with Crippen LogP contribution in [-0.4, -0.2) is 66.6 Å². The monoisotopic (exact) mass is 432 g/mol. The Hall–Kier alpha value is -1.60. The van der Waals surface area contributed by atoms with Crippen LogP contribution in [0.25, 0.3) is 0 Å². The second-order valence-corrected chi connectivity index (χ2v) is 9.20. The van der Waals surface area contributed by atoms with Crippen LogP contribution in [0.5, 0.6) is 0 Å². The van der Waals surface area contributed by atoms with Crippen molar-refractivity contribution in [1.29, 1.82) is 0 Å². The van der Waals surface area contributed by atoms with Crippen LogP contribution in [0.1, 0.15) is 69.8 Å². The van der Waals surface area contributed by atoms with Gasteiger partial charge in [-0.1, -0.05) is 33.1 Å². The summed E-state index contributed by atoms with van der Waals surface area (Å²) >= 11 is 0. The molecule has 2 N–H and O–H groups in total. The number of nitrogens with zero attached hydrogens (tertiary/aromatic N) is 4. The van der Waals surface area contributed by atoms with Gasteiger partial charge in [0.05, 0.1) is 25.5 Å². The van der Waals surface area contributed by atoms with Gasteiger partial charge in [-0.3, -0.25) is 9.58 Å². The highest BCUT2D eigenvalue weighted by Crippen LogP contribution is 2.36. The number of hydrogen-bond donors (Lipinski definition) is 2. The average molecular weight is 433 g/mol. The number of aliphatic imine (C=N–C) groups is 1. The number of aromatic nitrogens is 2. The summed E-state index contributed by atoms with van der Waals surface area (Å²) in [7, 11) is 2.05. The summed E-state index contributed by atoms with van der Waals surface area (Å²) in [5.74, 6) is 0.933. The molecular formula is C24H44N6O. The van der Waals surface area contributed by atoms with Gasteiger partial charge in [-0.05, 0) is 32.6 Å². The van der Waals surface area contributed by atoms with Gasteiger partial charge in [0.15, 0.2) is 5.96 Å². The van der Waals surface area contributed by atoms with Crippen molar-refractivity contribution < 1.29 is 4.74 Å². The van der Waals surface area contributed by atoms with Gasteiger partial charge in [0, 0.05) is 56.4 Å². The van der Waals surface area contributed by atoms with Gasteiger partial charge in [0.2, 0.25) is 0 Å². The maximum atomic E-state index is 5.57. The van der Waals surface area contributed by atoms with Crippen LogP contribution in [0.15, 0.2) is 4.99 Å². The lowest BCUT2D eigenvalue weighted by Gasteiger charge is -2.42. The van der Waals surface area contributed by atoms with E-state index >= 15 is 0 Å². The first-order valence-electron chi connectivity index (χ1n) is 12.5. The molecule has 0 radical (unpaired) electrons. The van der Waals surface area contributed by atoms with E-state index in [1.807, 2.05) is 11.7 Å². The molecule has 1 aliphatic heterocycles. The zero-order valence-electron chi connectivity index (χ0n) is 20.3. The summed E-state index contributed by atoms with van der Waals surface area (Å²) in [6, 6.07) is 0. The third kappa shape index (κ3) is 6.45. The fraction of sp³-hybridized carbons (Fsp3) is 0.833. The minimum atomic E-state index is 0.337. The van der Waals surface area contributed by atoms with E-state index < -0.39 is 0 Å². The highest BCUT2D eigenvalue weighted by Gasteiger charge is 2.34. The smallest absolute Gasteiger partial charge is 0.191 e. The summed E-state index contributed by atoms with van der Waals surface area (Å²) in [6.45, 7) is 14.1. The van der Waals surface area contributed by atoms with Crippen LogP contribution in [0.4, 0.5) is 0 Å². The Morgan fingerprint density at radius 3 is 2.45 bits per heavy atom. The lowest BCUT2D eigenvalue weighted by atomic mass is 9.73. The maximum absolute atomic E-state index is 5.57. The molecule has 1 aromatic rings. The molecule has 2 fully saturated rings. The fourth-order valence-electron chi connectivity index (χ4n) is 5.27. The fourth-order valence-corrected chi connectivity index (χ4v) is 5.27. The summed E-state index contributed by atoms with van der Waals surface area (Å²) < 4.78 is 7.60. The van der Waals surface area contributed by atoms with Crippen LogP contribution in [0.2, 0.25) is 0 Å². The Labute approximate surface area is 189 Å². The van der Waals surface area contributed by atoms with Crippen LogP contribution < -0.4 is 10.6 Å². The predicted octanol–water partition coefficient (Wildman–Crippen LogP) is 2.88. The lowest BCUT2D eigenvalue weighted by Crippen LogP contribution is -2.51. The molecule has 0 bridgehead atoms. The van der Waals surface area contributed by atoms with E-state index in [0.29, 0.717) is 12.0 Å². The van der Waals surface area contributed by atoms with Gasteiger partial charge in [-0.25, -0.2) is 4.99 Å². The Bertz CT molecular complexity index is 701. The van der Waals surface area contributed by atoms with E-state index in [9.17, 15) is 0 Å². The molecule has 1 saturated heterocycles. The number of ether oxygens (including phenoxy) is 1. The first kappa shape index (κ1) is 24.1. The van der Waals surface area contributed by atoms with Crippen LogP contribution in [-0.2, 0) is 31.2 Å². The molecule has 1 aliphatic carbocycles. The predicted molar refractivity (Wildman–Crippen MR) is 128 cm³/mol. The van der Waals surface area contributed by atoms with E-state index in [1.54, 1.807) is 0 Å². The first-order valence-corrected chi connectivity index (χ1v) is 12.5. The topological polar surface area (TPSA) is 66.7 Å². The van der Waals surface area contributed by atoms with Crippen molar-refractivity contribution in [1.82, 2.24) is 25.3 Å². The molecule has 2 heterocycles. The van der Waals surface area contributed by atoms with Crippen molar-refractivity contribution >= 4 is 5.96 Å². The minimum Gasteiger partial charge on any atom is -0.379 e. The quantitative estimate of drug-likeness (QED) is 0.464. The number of aryl methyl sites for hydroxylation is 2. The highest BCUT2D eigenvalue weighted by molar-refractivity contribution is 5.79. The number of morpholine rings is 1. The van der Waals surface area contributed by atoms with Gasteiger partial charge < -0.3 is 15.4 Å². The maximum Gasteiger partial charge on any atom is 0.191 e. The molecule has 1 aromatic heterocycles. The second kappa shape index (κ2) is 11.9. The zero-order valence-corrected chi connectivity index (χ0v) is 20.3. The number of hydrogen-bond acceptors (Lipinski definition) is 4. The van der Waals surface area contributed by atoms with Crippen molar-refractivity contribution in [3.05, 3.63) is 17.0 Å². The number of guanidine groups is 1. The Morgan fingerprint density at radius 2 is 1.81 bits per heavy atom. The SMILES string of the molecule is CCNC(=NCc1c(CC)nn(C)c1CC)NCC1(CN2CCOCC2)CCCCC1. The van der Waals surface area contributed by atoms with Gasteiger partial charge >= 0.3 is 0 Å². The number of nitrogens with one attached hydrogen (secondary N) is 2. The molecule has 7 heteroatoms. The minimum absolute atomic E-state index is 0.337. The van der Waals surface area contributed by atoms with Crippen LogP contribution in [0, 0.1) is 5.41 Å². The molecule has 0 amide bonds. The van der Waals surface area contributed by atoms with Gasteiger partial charge in [-0.15, -0.1) is 0 Å². The summed E-state index contributed by atoms with van der Waals surface area (Å²) in [5.41, 5.74) is 4.11. The first-order chi connectivity index (χ1) is 15.1.